The lowest BCUT2D eigenvalue weighted by molar-refractivity contribution is -0.131. The number of benzene rings is 1. The lowest BCUT2D eigenvalue weighted by atomic mass is 9.98. The number of nitrogens with zero attached hydrogens (tertiary/aromatic N) is 1. The molecule has 1 aromatic rings. The minimum Gasteiger partial charge on any atom is -0.368 e. The lowest BCUT2D eigenvalue weighted by Crippen LogP contribution is -2.49. The molecule has 0 spiro atoms. The molecular weight excluding hydrogens is 270 g/mol. The third-order valence-electron chi connectivity index (χ3n) is 2.95. The van der Waals surface area contributed by atoms with Crippen molar-refractivity contribution >= 4 is 11.8 Å². The Labute approximate surface area is 123 Å². The number of amides is 2. The van der Waals surface area contributed by atoms with Gasteiger partial charge in [0.05, 0.1) is 12.7 Å². The third-order valence-corrected chi connectivity index (χ3v) is 2.95. The number of primary amides is 1. The molecular formula is C15H19N3O3. The molecule has 0 radical (unpaired) electrons. The first-order valence-electron chi connectivity index (χ1n) is 6.62. The Bertz CT molecular complexity index is 511. The average Bonchev–Trinajstić information content (AvgIpc) is 2.45. The normalized spacial score (nSPS) is 13.0. The molecule has 1 rings (SSSR count). The van der Waals surface area contributed by atoms with Crippen LogP contribution in [0.4, 0.5) is 0 Å². The molecule has 0 aliphatic heterocycles. The minimum absolute atomic E-state index is 0.138. The summed E-state index contributed by atoms with van der Waals surface area (Å²) < 4.78 is 5.27. The number of nitrogens with one attached hydrogen (secondary N) is 1. The number of carbonyl (C=O) groups is 2. The maximum absolute atomic E-state index is 11.7. The van der Waals surface area contributed by atoms with E-state index in [-0.39, 0.29) is 18.9 Å². The highest BCUT2D eigenvalue weighted by Gasteiger charge is 2.24. The average molecular weight is 289 g/mol. The van der Waals surface area contributed by atoms with Gasteiger partial charge in [-0.2, -0.15) is 5.26 Å². The van der Waals surface area contributed by atoms with E-state index in [0.717, 1.165) is 5.56 Å². The zero-order valence-electron chi connectivity index (χ0n) is 11.9. The van der Waals surface area contributed by atoms with Gasteiger partial charge >= 0.3 is 0 Å². The van der Waals surface area contributed by atoms with Crippen LogP contribution in [-0.2, 0) is 20.9 Å². The summed E-state index contributed by atoms with van der Waals surface area (Å²) in [6.07, 6.45) is 0.138. The summed E-state index contributed by atoms with van der Waals surface area (Å²) in [5, 5.41) is 11.1. The smallest absolute Gasteiger partial charge is 0.246 e. The van der Waals surface area contributed by atoms with Crippen LogP contribution in [-0.4, -0.2) is 24.5 Å². The molecule has 0 saturated carbocycles. The summed E-state index contributed by atoms with van der Waals surface area (Å²) in [5.74, 6) is -1.43. The predicted octanol–water partition coefficient (Wildman–Crippen LogP) is 0.723. The van der Waals surface area contributed by atoms with Gasteiger partial charge in [-0.3, -0.25) is 9.59 Å². The predicted molar refractivity (Wildman–Crippen MR) is 76.6 cm³/mol. The Balaban J connectivity index is 2.40. The molecule has 112 valence electrons. The molecule has 0 aliphatic rings. The fourth-order valence-electron chi connectivity index (χ4n) is 1.81. The van der Waals surface area contributed by atoms with E-state index in [0.29, 0.717) is 6.61 Å². The molecule has 6 heteroatoms. The van der Waals surface area contributed by atoms with E-state index in [9.17, 15) is 9.59 Å². The lowest BCUT2D eigenvalue weighted by Gasteiger charge is -2.20. The van der Waals surface area contributed by atoms with Crippen LogP contribution < -0.4 is 11.1 Å². The molecule has 0 fully saturated rings. The van der Waals surface area contributed by atoms with Gasteiger partial charge in [0, 0.05) is 6.42 Å². The van der Waals surface area contributed by atoms with Crippen molar-refractivity contribution in [3.8, 4) is 6.07 Å². The van der Waals surface area contributed by atoms with E-state index in [1.807, 2.05) is 36.4 Å². The number of carbonyl (C=O) groups excluding carboxylic acids is 2. The van der Waals surface area contributed by atoms with Gasteiger partial charge in [0.15, 0.2) is 0 Å². The maximum atomic E-state index is 11.7. The zero-order chi connectivity index (χ0) is 15.7. The summed E-state index contributed by atoms with van der Waals surface area (Å²) in [5.41, 5.74) is 6.19. The molecule has 0 heterocycles. The summed E-state index contributed by atoms with van der Waals surface area (Å²) in [6.45, 7) is 1.82. The van der Waals surface area contributed by atoms with Gasteiger partial charge in [0.1, 0.15) is 12.6 Å². The zero-order valence-corrected chi connectivity index (χ0v) is 11.9. The Hall–Kier alpha value is -2.39. The van der Waals surface area contributed by atoms with E-state index in [2.05, 4.69) is 5.32 Å². The fourth-order valence-corrected chi connectivity index (χ4v) is 1.81. The van der Waals surface area contributed by atoms with E-state index < -0.39 is 17.9 Å². The van der Waals surface area contributed by atoms with Crippen LogP contribution in [0.25, 0.3) is 0 Å². The van der Waals surface area contributed by atoms with Gasteiger partial charge in [-0.05, 0) is 11.5 Å². The van der Waals surface area contributed by atoms with Crippen LogP contribution in [0.5, 0.6) is 0 Å². The molecule has 21 heavy (non-hydrogen) atoms. The van der Waals surface area contributed by atoms with Gasteiger partial charge in [-0.15, -0.1) is 0 Å². The van der Waals surface area contributed by atoms with Crippen LogP contribution in [0.1, 0.15) is 18.9 Å². The standard InChI is InChI=1S/C15H19N3O3/c1-11(7-8-16)14(15(17)20)18-13(19)10-21-9-12-5-3-2-4-6-12/h2-6,11,14H,7,9-10H2,1H3,(H2,17,20)(H,18,19)/t11-,14-/m1/s1. The molecule has 1 aromatic carbocycles. The summed E-state index contributed by atoms with van der Waals surface area (Å²) in [7, 11) is 0. The fraction of sp³-hybridized carbons (Fsp3) is 0.400. The molecule has 2 atom stereocenters. The van der Waals surface area contributed by atoms with Crippen LogP contribution in [0.15, 0.2) is 30.3 Å². The molecule has 0 saturated heterocycles. The first-order valence-corrected chi connectivity index (χ1v) is 6.62. The summed E-state index contributed by atoms with van der Waals surface area (Å²) >= 11 is 0. The highest BCUT2D eigenvalue weighted by Crippen LogP contribution is 2.07. The molecule has 0 unspecified atom stereocenters. The van der Waals surface area contributed by atoms with Crippen LogP contribution in [0, 0.1) is 17.2 Å². The Morgan fingerprint density at radius 3 is 2.62 bits per heavy atom. The molecule has 3 N–H and O–H groups in total. The third kappa shape index (κ3) is 6.06. The molecule has 2 amide bonds. The Kier molecular flexibility index (Phi) is 6.92. The van der Waals surface area contributed by atoms with Crippen LogP contribution >= 0.6 is 0 Å². The van der Waals surface area contributed by atoms with Gasteiger partial charge in [0.25, 0.3) is 0 Å². The second-order valence-electron chi connectivity index (χ2n) is 4.77. The number of ether oxygens (including phenoxy) is 1. The number of rotatable bonds is 8. The van der Waals surface area contributed by atoms with Gasteiger partial charge < -0.3 is 15.8 Å². The maximum Gasteiger partial charge on any atom is 0.246 e. The van der Waals surface area contributed by atoms with Crippen molar-refractivity contribution in [3.63, 3.8) is 0 Å². The number of hydrogen-bond acceptors (Lipinski definition) is 4. The van der Waals surface area contributed by atoms with Crippen molar-refractivity contribution in [1.82, 2.24) is 5.32 Å². The van der Waals surface area contributed by atoms with Crippen molar-refractivity contribution < 1.29 is 14.3 Å². The number of hydrogen-bond donors (Lipinski definition) is 2. The number of nitriles is 1. The van der Waals surface area contributed by atoms with Crippen molar-refractivity contribution in [1.29, 1.82) is 5.26 Å². The van der Waals surface area contributed by atoms with Gasteiger partial charge in [-0.1, -0.05) is 37.3 Å². The van der Waals surface area contributed by atoms with Crippen molar-refractivity contribution in [3.05, 3.63) is 35.9 Å². The molecule has 0 aromatic heterocycles. The van der Waals surface area contributed by atoms with Crippen LogP contribution in [0.3, 0.4) is 0 Å². The first-order chi connectivity index (χ1) is 10.0. The number of nitrogens with two attached hydrogens (primary N) is 1. The van der Waals surface area contributed by atoms with Gasteiger partial charge in [-0.25, -0.2) is 0 Å². The van der Waals surface area contributed by atoms with Crippen molar-refractivity contribution in [2.75, 3.05) is 6.61 Å². The topological polar surface area (TPSA) is 105 Å². The first kappa shape index (κ1) is 16.7. The Morgan fingerprint density at radius 1 is 1.38 bits per heavy atom. The SMILES string of the molecule is C[C@H](CC#N)[C@@H](NC(=O)COCc1ccccc1)C(N)=O. The van der Waals surface area contributed by atoms with Crippen LogP contribution in [0.2, 0.25) is 0 Å². The largest absolute Gasteiger partial charge is 0.368 e. The van der Waals surface area contributed by atoms with E-state index in [1.165, 1.54) is 0 Å². The molecule has 6 nitrogen and oxygen atoms in total. The van der Waals surface area contributed by atoms with Gasteiger partial charge in [0.2, 0.25) is 11.8 Å². The highest BCUT2D eigenvalue weighted by atomic mass is 16.5. The Morgan fingerprint density at radius 2 is 2.05 bits per heavy atom. The highest BCUT2D eigenvalue weighted by molar-refractivity contribution is 5.87. The van der Waals surface area contributed by atoms with Crippen molar-refractivity contribution in [2.45, 2.75) is 26.0 Å². The summed E-state index contributed by atoms with van der Waals surface area (Å²) in [4.78, 5) is 23.0. The van der Waals surface area contributed by atoms with Crippen molar-refractivity contribution in [2.24, 2.45) is 11.7 Å². The quantitative estimate of drug-likeness (QED) is 0.735. The monoisotopic (exact) mass is 289 g/mol. The van der Waals surface area contributed by atoms with E-state index in [1.54, 1.807) is 6.92 Å². The molecule has 0 aliphatic carbocycles. The van der Waals surface area contributed by atoms with E-state index in [4.69, 9.17) is 15.7 Å². The summed E-state index contributed by atoms with van der Waals surface area (Å²) in [6, 6.07) is 10.5. The minimum atomic E-state index is -0.863. The second-order valence-corrected chi connectivity index (χ2v) is 4.77. The molecule has 0 bridgehead atoms. The second kappa shape index (κ2) is 8.72. The van der Waals surface area contributed by atoms with E-state index >= 15 is 0 Å².